The molecule has 2 fully saturated rings. The maximum absolute atomic E-state index is 14.3. The maximum Gasteiger partial charge on any atom is 0.250 e. The molecule has 35 heavy (non-hydrogen) atoms. The lowest BCUT2D eigenvalue weighted by atomic mass is 10.2. The first kappa shape index (κ1) is 25.1. The van der Waals surface area contributed by atoms with E-state index in [1.165, 1.54) is 19.6 Å². The van der Waals surface area contributed by atoms with Crippen molar-refractivity contribution in [3.63, 3.8) is 0 Å². The topological polar surface area (TPSA) is 123 Å². The molecule has 11 nitrogen and oxygen atoms in total. The number of amides is 1. The van der Waals surface area contributed by atoms with Crippen molar-refractivity contribution in [2.75, 3.05) is 58.2 Å². The van der Waals surface area contributed by atoms with Crippen molar-refractivity contribution in [2.24, 2.45) is 15.7 Å². The molecule has 0 aromatic heterocycles. The van der Waals surface area contributed by atoms with E-state index in [1.807, 2.05) is 4.90 Å². The van der Waals surface area contributed by atoms with Crippen molar-refractivity contribution in [3.05, 3.63) is 24.0 Å². The number of nitrogens with one attached hydrogen (secondary N) is 3. The summed E-state index contributed by atoms with van der Waals surface area (Å²) in [5.41, 5.74) is 7.25. The van der Waals surface area contributed by atoms with Gasteiger partial charge in [0.2, 0.25) is 23.7 Å². The number of carbonyl (C=O) groups is 1. The summed E-state index contributed by atoms with van der Waals surface area (Å²) in [7, 11) is 1.42. The molecule has 3 aliphatic rings. The van der Waals surface area contributed by atoms with E-state index in [9.17, 15) is 9.18 Å². The SMILES string of the molecule is CCN1CCCC1CN=C1NC(Nc2ccc(OC)c(F)c2)=NC(N)(N2CCN(C(C)=O)CC2)N1. The molecule has 192 valence electrons. The minimum Gasteiger partial charge on any atom is -0.494 e. The summed E-state index contributed by atoms with van der Waals surface area (Å²) in [5, 5.41) is 9.52. The number of rotatable bonds is 6. The third kappa shape index (κ3) is 5.82. The van der Waals surface area contributed by atoms with Crippen LogP contribution in [-0.2, 0) is 4.79 Å². The second kappa shape index (κ2) is 10.8. The third-order valence-electron chi connectivity index (χ3n) is 6.81. The average molecular weight is 490 g/mol. The van der Waals surface area contributed by atoms with Crippen LogP contribution in [0.4, 0.5) is 10.1 Å². The highest BCUT2D eigenvalue weighted by Gasteiger charge is 2.39. The Bertz CT molecular complexity index is 980. The summed E-state index contributed by atoms with van der Waals surface area (Å²) in [4.78, 5) is 27.4. The van der Waals surface area contributed by atoms with Crippen LogP contribution in [-0.4, -0.2) is 97.4 Å². The van der Waals surface area contributed by atoms with E-state index in [4.69, 9.17) is 15.5 Å². The van der Waals surface area contributed by atoms with Crippen LogP contribution in [0, 0.1) is 5.82 Å². The zero-order valence-electron chi connectivity index (χ0n) is 20.7. The van der Waals surface area contributed by atoms with Crippen LogP contribution in [0.1, 0.15) is 26.7 Å². The van der Waals surface area contributed by atoms with Gasteiger partial charge in [-0.05, 0) is 38.1 Å². The number of piperazine rings is 1. The number of halogens is 1. The number of aliphatic imine (C=N–C) groups is 2. The summed E-state index contributed by atoms with van der Waals surface area (Å²) in [6, 6.07) is 4.97. The maximum atomic E-state index is 14.3. The van der Waals surface area contributed by atoms with E-state index >= 15 is 0 Å². The van der Waals surface area contributed by atoms with Gasteiger partial charge in [-0.25, -0.2) is 9.29 Å². The van der Waals surface area contributed by atoms with Crippen molar-refractivity contribution < 1.29 is 13.9 Å². The number of likely N-dealkylation sites (N-methyl/N-ethyl adjacent to an activating group) is 1. The summed E-state index contributed by atoms with van der Waals surface area (Å²) in [5.74, 6) is -0.716. The Morgan fingerprint density at radius 3 is 2.77 bits per heavy atom. The fourth-order valence-electron chi connectivity index (χ4n) is 4.79. The second-order valence-electron chi connectivity index (χ2n) is 9.02. The van der Waals surface area contributed by atoms with Crippen LogP contribution in [0.15, 0.2) is 28.2 Å². The first-order chi connectivity index (χ1) is 16.8. The van der Waals surface area contributed by atoms with Gasteiger partial charge in [0.1, 0.15) is 0 Å². The van der Waals surface area contributed by atoms with Crippen molar-refractivity contribution in [1.29, 1.82) is 0 Å². The van der Waals surface area contributed by atoms with Gasteiger partial charge in [0.15, 0.2) is 11.6 Å². The molecule has 1 amide bonds. The summed E-state index contributed by atoms with van der Waals surface area (Å²) in [6.07, 6.45) is 2.28. The first-order valence-electron chi connectivity index (χ1n) is 12.1. The number of hydrogen-bond donors (Lipinski definition) is 4. The van der Waals surface area contributed by atoms with Gasteiger partial charge in [-0.15, -0.1) is 0 Å². The molecule has 2 atom stereocenters. The molecule has 0 bridgehead atoms. The number of likely N-dealkylation sites (tertiary alicyclic amines) is 1. The van der Waals surface area contributed by atoms with Gasteiger partial charge in [0.05, 0.1) is 13.7 Å². The van der Waals surface area contributed by atoms with E-state index < -0.39 is 11.7 Å². The van der Waals surface area contributed by atoms with Crippen LogP contribution in [0.3, 0.4) is 0 Å². The zero-order chi connectivity index (χ0) is 25.0. The number of benzene rings is 1. The molecule has 3 aliphatic heterocycles. The Balaban J connectivity index is 1.55. The number of anilines is 1. The molecule has 0 aliphatic carbocycles. The molecule has 0 saturated carbocycles. The lowest BCUT2D eigenvalue weighted by molar-refractivity contribution is -0.131. The van der Waals surface area contributed by atoms with Gasteiger partial charge < -0.3 is 20.3 Å². The molecule has 5 N–H and O–H groups in total. The van der Waals surface area contributed by atoms with Gasteiger partial charge in [-0.2, -0.15) is 4.99 Å². The van der Waals surface area contributed by atoms with Gasteiger partial charge in [0.25, 0.3) is 0 Å². The number of methoxy groups -OCH3 is 1. The molecule has 0 spiro atoms. The molecule has 3 heterocycles. The lowest BCUT2D eigenvalue weighted by Gasteiger charge is -2.45. The van der Waals surface area contributed by atoms with Gasteiger partial charge in [0, 0.05) is 50.9 Å². The summed E-state index contributed by atoms with van der Waals surface area (Å²) < 4.78 is 19.3. The van der Waals surface area contributed by atoms with Gasteiger partial charge >= 0.3 is 0 Å². The second-order valence-corrected chi connectivity index (χ2v) is 9.02. The van der Waals surface area contributed by atoms with Crippen LogP contribution < -0.4 is 26.4 Å². The molecule has 4 rings (SSSR count). The minimum atomic E-state index is -1.28. The van der Waals surface area contributed by atoms with Crippen LogP contribution in [0.25, 0.3) is 0 Å². The number of nitrogens with two attached hydrogens (primary N) is 1. The molecule has 1 aromatic rings. The van der Waals surface area contributed by atoms with Crippen LogP contribution >= 0.6 is 0 Å². The monoisotopic (exact) mass is 489 g/mol. The number of nitrogens with zero attached hydrogens (tertiary/aromatic N) is 5. The Kier molecular flexibility index (Phi) is 7.72. The molecule has 1 aromatic carbocycles. The van der Waals surface area contributed by atoms with Crippen LogP contribution in [0.5, 0.6) is 5.75 Å². The van der Waals surface area contributed by atoms with Gasteiger partial charge in [-0.1, -0.05) is 6.92 Å². The van der Waals surface area contributed by atoms with Crippen LogP contribution in [0.2, 0.25) is 0 Å². The van der Waals surface area contributed by atoms with E-state index in [0.29, 0.717) is 56.4 Å². The highest BCUT2D eigenvalue weighted by atomic mass is 19.1. The minimum absolute atomic E-state index is 0.0423. The quantitative estimate of drug-likeness (QED) is 0.452. The first-order valence-corrected chi connectivity index (χ1v) is 12.1. The fraction of sp³-hybridized carbons (Fsp3) is 0.609. The molecular weight excluding hydrogens is 453 g/mol. The number of carbonyl (C=O) groups excluding carboxylic acids is 1. The van der Waals surface area contributed by atoms with Crippen molar-refractivity contribution >= 4 is 23.5 Å². The third-order valence-corrected chi connectivity index (χ3v) is 6.81. The van der Waals surface area contributed by atoms with Crippen molar-refractivity contribution in [2.45, 2.75) is 38.6 Å². The highest BCUT2D eigenvalue weighted by Crippen LogP contribution is 2.22. The van der Waals surface area contributed by atoms with Crippen molar-refractivity contribution in [3.8, 4) is 5.75 Å². The zero-order valence-corrected chi connectivity index (χ0v) is 20.7. The number of ether oxygens (including phenoxy) is 1. The van der Waals surface area contributed by atoms with E-state index in [2.05, 4.69) is 32.8 Å². The molecule has 2 saturated heterocycles. The van der Waals surface area contributed by atoms with Crippen molar-refractivity contribution in [1.82, 2.24) is 25.3 Å². The summed E-state index contributed by atoms with van der Waals surface area (Å²) in [6.45, 7) is 8.67. The van der Waals surface area contributed by atoms with E-state index in [1.54, 1.807) is 24.0 Å². The number of hydrogen-bond acceptors (Lipinski definition) is 8. The summed E-state index contributed by atoms with van der Waals surface area (Å²) >= 11 is 0. The highest BCUT2D eigenvalue weighted by molar-refractivity contribution is 6.07. The Morgan fingerprint density at radius 2 is 2.11 bits per heavy atom. The molecule has 12 heteroatoms. The predicted molar refractivity (Wildman–Crippen MR) is 134 cm³/mol. The Hall–Kier alpha value is -2.96. The Labute approximate surface area is 205 Å². The van der Waals surface area contributed by atoms with Gasteiger partial charge in [-0.3, -0.25) is 25.7 Å². The normalized spacial score (nSPS) is 26.8. The largest absolute Gasteiger partial charge is 0.494 e. The standard InChI is InChI=1S/C23H36FN9O2/c1-4-31-9-5-6-18(31)15-26-21-28-22(27-17-7-8-20(35-3)19(24)14-17)30-23(25,29-21)33-12-10-32(11-13-33)16(2)34/h7-8,14,18H,4-6,9-13,15,25H2,1-3H3,(H3,26,27,28,29,30). The Morgan fingerprint density at radius 1 is 1.34 bits per heavy atom. The molecule has 2 unspecified atom stereocenters. The molecular formula is C23H36FN9O2. The molecule has 0 radical (unpaired) electrons. The number of guanidine groups is 2. The lowest BCUT2D eigenvalue weighted by Crippen LogP contribution is -2.74. The van der Waals surface area contributed by atoms with E-state index in [-0.39, 0.29) is 11.7 Å². The predicted octanol–water partition coefficient (Wildman–Crippen LogP) is 0.369. The smallest absolute Gasteiger partial charge is 0.250 e. The average Bonchev–Trinajstić information content (AvgIpc) is 3.30. The van der Waals surface area contributed by atoms with E-state index in [0.717, 1.165) is 19.5 Å². The fourth-order valence-corrected chi connectivity index (χ4v) is 4.79.